The maximum absolute atomic E-state index is 4.54. The second kappa shape index (κ2) is 6.13. The van der Waals surface area contributed by atoms with Crippen molar-refractivity contribution in [3.63, 3.8) is 0 Å². The molecule has 0 atom stereocenters. The Labute approximate surface area is 113 Å². The molecule has 100 valence electrons. The van der Waals surface area contributed by atoms with Crippen LogP contribution in [0.3, 0.4) is 0 Å². The van der Waals surface area contributed by atoms with Crippen LogP contribution in [0.1, 0.15) is 18.1 Å². The van der Waals surface area contributed by atoms with Gasteiger partial charge in [0.05, 0.1) is 0 Å². The molecule has 0 bridgehead atoms. The van der Waals surface area contributed by atoms with Crippen LogP contribution in [0.5, 0.6) is 0 Å². The Morgan fingerprint density at radius 2 is 2.16 bits per heavy atom. The molecular formula is C14H19N5. The SMILES string of the molecule is CCNc1ncc(C)c(N(C)Cc2cccnc2)n1. The molecule has 0 aliphatic rings. The number of pyridine rings is 1. The van der Waals surface area contributed by atoms with Gasteiger partial charge in [-0.25, -0.2) is 4.98 Å². The number of hydrogen-bond acceptors (Lipinski definition) is 5. The summed E-state index contributed by atoms with van der Waals surface area (Å²) in [6.45, 7) is 5.64. The minimum atomic E-state index is 0.668. The Morgan fingerprint density at radius 3 is 2.84 bits per heavy atom. The standard InChI is InChI=1S/C14H19N5/c1-4-16-14-17-8-11(2)13(18-14)19(3)10-12-6-5-7-15-9-12/h5-9H,4,10H2,1-3H3,(H,16,17,18). The fourth-order valence-electron chi connectivity index (χ4n) is 1.90. The highest BCUT2D eigenvalue weighted by Crippen LogP contribution is 2.18. The molecule has 2 aromatic rings. The quantitative estimate of drug-likeness (QED) is 0.890. The summed E-state index contributed by atoms with van der Waals surface area (Å²) in [6.07, 6.45) is 5.50. The second-order valence-electron chi connectivity index (χ2n) is 4.45. The van der Waals surface area contributed by atoms with Crippen LogP contribution in [0, 0.1) is 6.92 Å². The maximum atomic E-state index is 4.54. The number of nitrogens with zero attached hydrogens (tertiary/aromatic N) is 4. The predicted octanol–water partition coefficient (Wildman–Crippen LogP) is 2.25. The van der Waals surface area contributed by atoms with Gasteiger partial charge in [0.25, 0.3) is 0 Å². The average Bonchev–Trinajstić information content (AvgIpc) is 2.42. The lowest BCUT2D eigenvalue weighted by atomic mass is 10.2. The van der Waals surface area contributed by atoms with Crippen LogP contribution >= 0.6 is 0 Å². The van der Waals surface area contributed by atoms with Crippen LogP contribution in [0.2, 0.25) is 0 Å². The van der Waals surface area contributed by atoms with E-state index >= 15 is 0 Å². The van der Waals surface area contributed by atoms with Crippen LogP contribution in [0.15, 0.2) is 30.7 Å². The van der Waals surface area contributed by atoms with E-state index in [1.165, 1.54) is 0 Å². The molecule has 0 amide bonds. The molecule has 2 aromatic heterocycles. The molecule has 5 heteroatoms. The minimum Gasteiger partial charge on any atom is -0.355 e. The highest BCUT2D eigenvalue weighted by molar-refractivity contribution is 5.48. The normalized spacial score (nSPS) is 10.3. The van der Waals surface area contributed by atoms with Crippen molar-refractivity contribution >= 4 is 11.8 Å². The summed E-state index contributed by atoms with van der Waals surface area (Å²) in [5, 5.41) is 3.13. The lowest BCUT2D eigenvalue weighted by molar-refractivity contribution is 0.876. The van der Waals surface area contributed by atoms with Crippen LogP contribution in [-0.2, 0) is 6.54 Å². The summed E-state index contributed by atoms with van der Waals surface area (Å²) in [4.78, 5) is 15.0. The largest absolute Gasteiger partial charge is 0.355 e. The fraction of sp³-hybridized carbons (Fsp3) is 0.357. The molecule has 0 unspecified atom stereocenters. The summed E-state index contributed by atoms with van der Waals surface area (Å²) in [5.74, 6) is 1.61. The molecule has 2 rings (SSSR count). The van der Waals surface area contributed by atoms with Gasteiger partial charge in [0.15, 0.2) is 0 Å². The van der Waals surface area contributed by atoms with Crippen molar-refractivity contribution in [1.29, 1.82) is 0 Å². The molecule has 2 heterocycles. The summed E-state index contributed by atoms with van der Waals surface area (Å²) < 4.78 is 0. The lowest BCUT2D eigenvalue weighted by Crippen LogP contribution is -2.20. The van der Waals surface area contributed by atoms with E-state index < -0.39 is 0 Å². The van der Waals surface area contributed by atoms with Crippen molar-refractivity contribution in [2.75, 3.05) is 23.8 Å². The highest BCUT2D eigenvalue weighted by Gasteiger charge is 2.09. The zero-order chi connectivity index (χ0) is 13.7. The smallest absolute Gasteiger partial charge is 0.224 e. The van der Waals surface area contributed by atoms with Gasteiger partial charge in [-0.3, -0.25) is 4.98 Å². The first-order chi connectivity index (χ1) is 9.20. The van der Waals surface area contributed by atoms with Crippen LogP contribution in [-0.4, -0.2) is 28.5 Å². The molecule has 0 aliphatic carbocycles. The summed E-state index contributed by atoms with van der Waals surface area (Å²) in [5.41, 5.74) is 2.22. The van der Waals surface area contributed by atoms with Gasteiger partial charge in [0.2, 0.25) is 5.95 Å². The molecule has 0 radical (unpaired) electrons. The van der Waals surface area contributed by atoms with Crippen LogP contribution in [0.25, 0.3) is 0 Å². The molecule has 19 heavy (non-hydrogen) atoms. The van der Waals surface area contributed by atoms with Gasteiger partial charge in [0, 0.05) is 44.3 Å². The monoisotopic (exact) mass is 257 g/mol. The van der Waals surface area contributed by atoms with Crippen molar-refractivity contribution in [2.45, 2.75) is 20.4 Å². The second-order valence-corrected chi connectivity index (χ2v) is 4.45. The summed E-state index contributed by atoms with van der Waals surface area (Å²) >= 11 is 0. The van der Waals surface area contributed by atoms with Gasteiger partial charge in [-0.2, -0.15) is 4.98 Å². The highest BCUT2D eigenvalue weighted by atomic mass is 15.2. The maximum Gasteiger partial charge on any atom is 0.224 e. The molecule has 0 saturated heterocycles. The zero-order valence-electron chi connectivity index (χ0n) is 11.6. The molecule has 0 spiro atoms. The average molecular weight is 257 g/mol. The van der Waals surface area contributed by atoms with Crippen molar-refractivity contribution < 1.29 is 0 Å². The molecule has 0 aliphatic heterocycles. The van der Waals surface area contributed by atoms with E-state index in [0.29, 0.717) is 5.95 Å². The first-order valence-electron chi connectivity index (χ1n) is 6.38. The first kappa shape index (κ1) is 13.3. The van der Waals surface area contributed by atoms with E-state index in [9.17, 15) is 0 Å². The molecule has 0 aromatic carbocycles. The van der Waals surface area contributed by atoms with Gasteiger partial charge in [0.1, 0.15) is 5.82 Å². The van der Waals surface area contributed by atoms with E-state index in [0.717, 1.165) is 30.0 Å². The van der Waals surface area contributed by atoms with E-state index in [1.54, 1.807) is 6.20 Å². The Morgan fingerprint density at radius 1 is 1.32 bits per heavy atom. The predicted molar refractivity (Wildman–Crippen MR) is 77.3 cm³/mol. The van der Waals surface area contributed by atoms with Gasteiger partial charge in [-0.1, -0.05) is 6.07 Å². The number of hydrogen-bond donors (Lipinski definition) is 1. The molecule has 5 nitrogen and oxygen atoms in total. The number of aryl methyl sites for hydroxylation is 1. The third-order valence-corrected chi connectivity index (χ3v) is 2.78. The van der Waals surface area contributed by atoms with E-state index in [1.807, 2.05) is 39.4 Å². The van der Waals surface area contributed by atoms with E-state index in [2.05, 4.69) is 31.2 Å². The zero-order valence-corrected chi connectivity index (χ0v) is 11.6. The van der Waals surface area contributed by atoms with Gasteiger partial charge in [-0.15, -0.1) is 0 Å². The van der Waals surface area contributed by atoms with E-state index in [4.69, 9.17) is 0 Å². The topological polar surface area (TPSA) is 53.9 Å². The minimum absolute atomic E-state index is 0.668. The summed E-state index contributed by atoms with van der Waals surface area (Å²) in [7, 11) is 2.03. The third-order valence-electron chi connectivity index (χ3n) is 2.78. The Balaban J connectivity index is 2.18. The fourth-order valence-corrected chi connectivity index (χ4v) is 1.90. The molecule has 0 fully saturated rings. The molecule has 0 saturated carbocycles. The number of rotatable bonds is 5. The van der Waals surface area contributed by atoms with Crippen molar-refractivity contribution in [2.24, 2.45) is 0 Å². The first-order valence-corrected chi connectivity index (χ1v) is 6.38. The van der Waals surface area contributed by atoms with E-state index in [-0.39, 0.29) is 0 Å². The van der Waals surface area contributed by atoms with Crippen molar-refractivity contribution in [3.05, 3.63) is 41.9 Å². The van der Waals surface area contributed by atoms with Crippen molar-refractivity contribution in [1.82, 2.24) is 15.0 Å². The number of nitrogens with one attached hydrogen (secondary N) is 1. The molecular weight excluding hydrogens is 238 g/mol. The lowest BCUT2D eigenvalue weighted by Gasteiger charge is -2.20. The van der Waals surface area contributed by atoms with Crippen LogP contribution < -0.4 is 10.2 Å². The Kier molecular flexibility index (Phi) is 4.28. The van der Waals surface area contributed by atoms with Crippen molar-refractivity contribution in [3.8, 4) is 0 Å². The Hall–Kier alpha value is -2.17. The summed E-state index contributed by atoms with van der Waals surface area (Å²) in [6, 6.07) is 4.01. The third kappa shape index (κ3) is 3.40. The van der Waals surface area contributed by atoms with Gasteiger partial charge in [-0.05, 0) is 25.5 Å². The van der Waals surface area contributed by atoms with Gasteiger partial charge >= 0.3 is 0 Å². The Bertz CT molecular complexity index is 527. The number of anilines is 2. The van der Waals surface area contributed by atoms with Crippen LogP contribution in [0.4, 0.5) is 11.8 Å². The molecule has 1 N–H and O–H groups in total. The van der Waals surface area contributed by atoms with Gasteiger partial charge < -0.3 is 10.2 Å². The number of aromatic nitrogens is 3.